The van der Waals surface area contributed by atoms with Gasteiger partial charge in [0, 0.05) is 0 Å². The molecule has 6 nitrogen and oxygen atoms in total. The van der Waals surface area contributed by atoms with Crippen LogP contribution in [-0.4, -0.2) is 9.65 Å². The summed E-state index contributed by atoms with van der Waals surface area (Å²) in [6.07, 6.45) is 10.0. The molecule has 0 aliphatic rings. The molecule has 0 aromatic carbocycles. The van der Waals surface area contributed by atoms with E-state index >= 15 is 0 Å². The van der Waals surface area contributed by atoms with Gasteiger partial charge in [-0.25, -0.2) is 9.13 Å². The van der Waals surface area contributed by atoms with Crippen LogP contribution < -0.4 is 4.57 Å². The van der Waals surface area contributed by atoms with Crippen LogP contribution in [-0.2, 0) is 7.05 Å². The van der Waals surface area contributed by atoms with Gasteiger partial charge >= 0.3 is 0 Å². The number of aryl methyl sites for hydroxylation is 1. The summed E-state index contributed by atoms with van der Waals surface area (Å²) in [4.78, 5) is 8.25. The van der Waals surface area contributed by atoms with Gasteiger partial charge in [0.25, 0.3) is 0 Å². The van der Waals surface area contributed by atoms with Crippen LogP contribution in [0, 0.1) is 15.3 Å². The van der Waals surface area contributed by atoms with E-state index in [0.29, 0.717) is 0 Å². The highest BCUT2D eigenvalue weighted by Crippen LogP contribution is 1.82. The molecule has 0 saturated carbocycles. The third-order valence-electron chi connectivity index (χ3n) is 1.11. The zero-order chi connectivity index (χ0) is 10.3. The molecule has 0 spiro atoms. The summed E-state index contributed by atoms with van der Waals surface area (Å²) in [7, 11) is 2.00. The van der Waals surface area contributed by atoms with Gasteiger partial charge in [0.1, 0.15) is 12.4 Å². The van der Waals surface area contributed by atoms with Crippen molar-refractivity contribution in [1.82, 2.24) is 4.57 Å². The fraction of sp³-hybridized carbons (Fsp3) is 0.286. The third kappa shape index (κ3) is 6.54. The van der Waals surface area contributed by atoms with Gasteiger partial charge in [-0.15, -0.1) is 0 Å². The van der Waals surface area contributed by atoms with Crippen LogP contribution in [0.2, 0.25) is 0 Å². The number of aromatic nitrogens is 2. The SMILES string of the molecule is CC=Cn1cc[n+](C)c1.O=[N+]([O-])[O-]. The van der Waals surface area contributed by atoms with Gasteiger partial charge in [-0.2, -0.15) is 0 Å². The Bertz CT molecular complexity index is 289. The van der Waals surface area contributed by atoms with Crippen molar-refractivity contribution < 1.29 is 9.65 Å². The highest BCUT2D eigenvalue weighted by molar-refractivity contribution is 5.18. The molecule has 1 aromatic rings. The fourth-order valence-corrected chi connectivity index (χ4v) is 0.730. The molecule has 13 heavy (non-hydrogen) atoms. The van der Waals surface area contributed by atoms with Gasteiger partial charge in [0.05, 0.1) is 18.3 Å². The second-order valence-electron chi connectivity index (χ2n) is 2.23. The normalized spacial score (nSPS) is 9.38. The largest absolute Gasteiger partial charge is 0.356 e. The van der Waals surface area contributed by atoms with Crippen LogP contribution in [0.5, 0.6) is 0 Å². The van der Waals surface area contributed by atoms with E-state index in [2.05, 4.69) is 0 Å². The first-order valence-electron chi connectivity index (χ1n) is 3.53. The van der Waals surface area contributed by atoms with E-state index in [1.807, 2.05) is 54.1 Å². The van der Waals surface area contributed by atoms with E-state index in [1.54, 1.807) is 0 Å². The maximum atomic E-state index is 8.25. The first kappa shape index (κ1) is 11.2. The molecule has 0 aliphatic heterocycles. The summed E-state index contributed by atoms with van der Waals surface area (Å²) in [5.74, 6) is 0. The molecule has 1 rings (SSSR count). The van der Waals surface area contributed by atoms with E-state index < -0.39 is 5.09 Å². The van der Waals surface area contributed by atoms with Crippen molar-refractivity contribution in [1.29, 1.82) is 0 Å². The number of hydrogen-bond donors (Lipinski definition) is 0. The lowest BCUT2D eigenvalue weighted by Crippen LogP contribution is -2.23. The van der Waals surface area contributed by atoms with Gasteiger partial charge in [0.2, 0.25) is 6.33 Å². The molecule has 0 atom stereocenters. The van der Waals surface area contributed by atoms with Crippen LogP contribution in [0.15, 0.2) is 24.8 Å². The highest BCUT2D eigenvalue weighted by Gasteiger charge is 1.91. The summed E-state index contributed by atoms with van der Waals surface area (Å²) in [6, 6.07) is 0. The second-order valence-corrected chi connectivity index (χ2v) is 2.23. The van der Waals surface area contributed by atoms with Gasteiger partial charge < -0.3 is 15.3 Å². The van der Waals surface area contributed by atoms with Crippen LogP contribution in [0.3, 0.4) is 0 Å². The molecule has 6 heteroatoms. The quantitative estimate of drug-likeness (QED) is 0.364. The van der Waals surface area contributed by atoms with Crippen molar-refractivity contribution in [2.45, 2.75) is 6.92 Å². The summed E-state index contributed by atoms with van der Waals surface area (Å²) in [6.45, 7) is 2.00. The predicted octanol–water partition coefficient (Wildman–Crippen LogP) is 0.564. The molecular weight excluding hydrogens is 174 g/mol. The Labute approximate surface area is 75.5 Å². The number of imidazole rings is 1. The Balaban J connectivity index is 0.000000310. The fourth-order valence-electron chi connectivity index (χ4n) is 0.730. The minimum atomic E-state index is -1.75. The summed E-state index contributed by atoms with van der Waals surface area (Å²) >= 11 is 0. The average Bonchev–Trinajstić information content (AvgIpc) is 2.35. The molecule has 0 aliphatic carbocycles. The van der Waals surface area contributed by atoms with Crippen molar-refractivity contribution in [3.63, 3.8) is 0 Å². The zero-order valence-corrected chi connectivity index (χ0v) is 7.45. The van der Waals surface area contributed by atoms with Crippen molar-refractivity contribution in [2.75, 3.05) is 0 Å². The Morgan fingerprint density at radius 2 is 2.08 bits per heavy atom. The Morgan fingerprint density at radius 1 is 1.54 bits per heavy atom. The van der Waals surface area contributed by atoms with E-state index in [4.69, 9.17) is 15.3 Å². The van der Waals surface area contributed by atoms with Gasteiger partial charge in [-0.3, -0.25) is 0 Å². The van der Waals surface area contributed by atoms with Gasteiger partial charge in [-0.05, 0) is 13.0 Å². The van der Waals surface area contributed by atoms with E-state index in [1.165, 1.54) is 0 Å². The van der Waals surface area contributed by atoms with E-state index in [0.717, 1.165) is 0 Å². The van der Waals surface area contributed by atoms with Crippen LogP contribution in [0.25, 0.3) is 6.20 Å². The Kier molecular flexibility index (Phi) is 4.94. The minimum absolute atomic E-state index is 1.75. The lowest BCUT2D eigenvalue weighted by atomic mass is 10.7. The Hall–Kier alpha value is -1.85. The van der Waals surface area contributed by atoms with Crippen LogP contribution >= 0.6 is 0 Å². The lowest BCUT2D eigenvalue weighted by Gasteiger charge is -1.77. The molecule has 1 aromatic heterocycles. The Morgan fingerprint density at radius 3 is 2.38 bits per heavy atom. The maximum Gasteiger partial charge on any atom is 0.248 e. The molecule has 0 fully saturated rings. The van der Waals surface area contributed by atoms with Crippen molar-refractivity contribution in [3.05, 3.63) is 40.1 Å². The molecular formula is C7H11N3O3. The smallest absolute Gasteiger partial charge is 0.248 e. The van der Waals surface area contributed by atoms with Crippen LogP contribution in [0.4, 0.5) is 0 Å². The standard InChI is InChI=1S/C7H11N2.NO3/c1-3-4-9-6-5-8(2)7-9;2-1(3)4/h3-7H,1-2H3;/q+1;-1. The van der Waals surface area contributed by atoms with Gasteiger partial charge in [0.15, 0.2) is 0 Å². The van der Waals surface area contributed by atoms with Crippen molar-refractivity contribution >= 4 is 6.20 Å². The second kappa shape index (κ2) is 5.76. The van der Waals surface area contributed by atoms with Crippen molar-refractivity contribution in [3.8, 4) is 0 Å². The summed E-state index contributed by atoms with van der Waals surface area (Å²) in [5, 5.41) is 14.8. The summed E-state index contributed by atoms with van der Waals surface area (Å²) < 4.78 is 4.00. The third-order valence-corrected chi connectivity index (χ3v) is 1.11. The molecule has 0 saturated heterocycles. The molecule has 0 N–H and O–H groups in total. The predicted molar refractivity (Wildman–Crippen MR) is 47.0 cm³/mol. The van der Waals surface area contributed by atoms with Gasteiger partial charge in [-0.1, -0.05) is 0 Å². The summed E-state index contributed by atoms with van der Waals surface area (Å²) in [5.41, 5.74) is 0. The van der Waals surface area contributed by atoms with E-state index in [-0.39, 0.29) is 0 Å². The molecule has 0 amide bonds. The zero-order valence-electron chi connectivity index (χ0n) is 7.45. The molecule has 0 unspecified atom stereocenters. The average molecular weight is 185 g/mol. The number of rotatable bonds is 1. The van der Waals surface area contributed by atoms with Crippen LogP contribution in [0.1, 0.15) is 6.92 Å². The lowest BCUT2D eigenvalue weighted by molar-refractivity contribution is -0.670. The molecule has 72 valence electrons. The maximum absolute atomic E-state index is 8.25. The number of hydrogen-bond acceptors (Lipinski definition) is 3. The number of nitrogens with zero attached hydrogens (tertiary/aromatic N) is 3. The highest BCUT2D eigenvalue weighted by atomic mass is 16.9. The molecule has 0 bridgehead atoms. The topological polar surface area (TPSA) is 75.0 Å². The van der Waals surface area contributed by atoms with E-state index in [9.17, 15) is 0 Å². The minimum Gasteiger partial charge on any atom is -0.356 e. The first-order valence-corrected chi connectivity index (χ1v) is 3.53. The number of allylic oxidation sites excluding steroid dienone is 1. The molecule has 1 heterocycles. The monoisotopic (exact) mass is 185 g/mol. The molecule has 0 radical (unpaired) electrons. The van der Waals surface area contributed by atoms with Crippen molar-refractivity contribution in [2.24, 2.45) is 7.05 Å². The first-order chi connectivity index (χ1) is 6.06.